The van der Waals surface area contributed by atoms with Crippen molar-refractivity contribution in [1.82, 2.24) is 15.6 Å². The summed E-state index contributed by atoms with van der Waals surface area (Å²) in [4.78, 5) is 40.5. The summed E-state index contributed by atoms with van der Waals surface area (Å²) < 4.78 is 4.70. The van der Waals surface area contributed by atoms with E-state index in [4.69, 9.17) is 17.0 Å². The average molecular weight is 332 g/mol. The first-order valence-corrected chi connectivity index (χ1v) is 6.89. The second-order valence-corrected chi connectivity index (χ2v) is 5.21. The molecule has 2 heterocycles. The summed E-state index contributed by atoms with van der Waals surface area (Å²) in [6.45, 7) is 0. The van der Waals surface area contributed by atoms with E-state index >= 15 is 0 Å². The highest BCUT2D eigenvalue weighted by molar-refractivity contribution is 7.80. The number of aromatic nitrogens is 1. The molecule has 0 aliphatic carbocycles. The van der Waals surface area contributed by atoms with Crippen LogP contribution in [0.15, 0.2) is 24.5 Å². The summed E-state index contributed by atoms with van der Waals surface area (Å²) in [6, 6.07) is 4.67. The van der Waals surface area contributed by atoms with Gasteiger partial charge in [-0.2, -0.15) is 5.26 Å². The Bertz CT molecular complexity index is 715. The van der Waals surface area contributed by atoms with Crippen LogP contribution in [0.25, 0.3) is 0 Å². The summed E-state index contributed by atoms with van der Waals surface area (Å²) in [5, 5.41) is 14.0. The van der Waals surface area contributed by atoms with E-state index in [1.54, 1.807) is 6.07 Å². The van der Waals surface area contributed by atoms with Gasteiger partial charge in [-0.15, -0.1) is 0 Å². The van der Waals surface area contributed by atoms with Gasteiger partial charge in [-0.05, 0) is 24.4 Å². The zero-order valence-corrected chi connectivity index (χ0v) is 12.8. The van der Waals surface area contributed by atoms with E-state index in [-0.39, 0.29) is 5.11 Å². The first-order valence-electron chi connectivity index (χ1n) is 6.49. The van der Waals surface area contributed by atoms with Crippen molar-refractivity contribution in [3.63, 3.8) is 0 Å². The molecule has 0 spiro atoms. The number of thiocarbonyl (C=S) groups is 1. The number of rotatable bonds is 4. The largest absolute Gasteiger partial charge is 0.467 e. The Labute approximate surface area is 136 Å². The molecule has 0 radical (unpaired) electrons. The van der Waals surface area contributed by atoms with Gasteiger partial charge in [-0.1, -0.05) is 0 Å². The van der Waals surface area contributed by atoms with Crippen molar-refractivity contribution in [2.45, 2.75) is 12.0 Å². The van der Waals surface area contributed by atoms with Gasteiger partial charge in [0, 0.05) is 24.4 Å². The maximum atomic E-state index is 12.5. The Morgan fingerprint density at radius 2 is 2.13 bits per heavy atom. The number of amides is 1. The molecule has 1 fully saturated rings. The van der Waals surface area contributed by atoms with Crippen LogP contribution in [-0.2, 0) is 14.3 Å². The van der Waals surface area contributed by atoms with E-state index in [1.165, 1.54) is 24.5 Å². The lowest BCUT2D eigenvalue weighted by molar-refractivity contribution is -0.152. The van der Waals surface area contributed by atoms with Crippen molar-refractivity contribution in [3.05, 3.63) is 30.1 Å². The van der Waals surface area contributed by atoms with Crippen LogP contribution in [0.2, 0.25) is 0 Å². The number of esters is 1. The molecule has 23 heavy (non-hydrogen) atoms. The number of nitriles is 1. The fourth-order valence-electron chi connectivity index (χ4n) is 2.35. The van der Waals surface area contributed by atoms with Crippen molar-refractivity contribution in [2.75, 3.05) is 7.11 Å². The zero-order chi connectivity index (χ0) is 17.0. The maximum absolute atomic E-state index is 12.5. The molecule has 2 N–H and O–H groups in total. The minimum atomic E-state index is -1.87. The van der Waals surface area contributed by atoms with Crippen LogP contribution < -0.4 is 10.6 Å². The predicted molar refractivity (Wildman–Crippen MR) is 80.9 cm³/mol. The molecule has 1 saturated heterocycles. The van der Waals surface area contributed by atoms with Gasteiger partial charge in [0.2, 0.25) is 5.91 Å². The van der Waals surface area contributed by atoms with Crippen molar-refractivity contribution in [3.8, 4) is 6.07 Å². The number of methoxy groups -OCH3 is 1. The van der Waals surface area contributed by atoms with Crippen LogP contribution in [0.4, 0.5) is 0 Å². The molecule has 1 aliphatic heterocycles. The van der Waals surface area contributed by atoms with Crippen LogP contribution in [0.1, 0.15) is 16.8 Å². The Morgan fingerprint density at radius 3 is 2.70 bits per heavy atom. The molecule has 2 unspecified atom stereocenters. The first-order chi connectivity index (χ1) is 10.9. The minimum Gasteiger partial charge on any atom is -0.467 e. The number of ketones is 1. The number of hydrogen-bond acceptors (Lipinski definition) is 7. The number of carbonyl (C=O) groups is 3. The lowest BCUT2D eigenvalue weighted by atomic mass is 9.77. The highest BCUT2D eigenvalue weighted by Gasteiger charge is 2.55. The first kappa shape index (κ1) is 16.5. The van der Waals surface area contributed by atoms with Crippen molar-refractivity contribution in [1.29, 1.82) is 5.26 Å². The number of carbonyl (C=O) groups excluding carboxylic acids is 3. The van der Waals surface area contributed by atoms with Crippen LogP contribution in [0, 0.1) is 17.2 Å². The fraction of sp³-hybridized carbons (Fsp3) is 0.286. The molecule has 1 aromatic rings. The van der Waals surface area contributed by atoms with Crippen molar-refractivity contribution < 1.29 is 19.1 Å². The standard InChI is InChI=1S/C14H12N4O4S/c1-22-12(21)14(6-10(19)8-2-4-16-5-3-8)9(7-15)11(20)17-13(23)18-14/h2-5,9H,6H2,1H3,(H2,17,18,20,23). The van der Waals surface area contributed by atoms with E-state index in [2.05, 4.69) is 15.6 Å². The van der Waals surface area contributed by atoms with E-state index in [9.17, 15) is 19.6 Å². The summed E-state index contributed by atoms with van der Waals surface area (Å²) in [5.41, 5.74) is -1.58. The molecule has 1 aromatic heterocycles. The molecule has 0 saturated carbocycles. The van der Waals surface area contributed by atoms with Crippen molar-refractivity contribution >= 4 is 35.0 Å². The topological polar surface area (TPSA) is 121 Å². The molecular weight excluding hydrogens is 320 g/mol. The van der Waals surface area contributed by atoms with Crippen LogP contribution >= 0.6 is 12.2 Å². The van der Waals surface area contributed by atoms with Gasteiger partial charge in [0.15, 0.2) is 22.4 Å². The maximum Gasteiger partial charge on any atom is 0.334 e. The van der Waals surface area contributed by atoms with Crippen LogP contribution in [0.5, 0.6) is 0 Å². The number of nitrogens with zero attached hydrogens (tertiary/aromatic N) is 2. The number of Topliss-reactive ketones (excluding diaryl/α,β-unsaturated/α-hetero) is 1. The Balaban J connectivity index is 2.45. The normalized spacial score (nSPS) is 23.2. The van der Waals surface area contributed by atoms with E-state index in [0.717, 1.165) is 7.11 Å². The van der Waals surface area contributed by atoms with Crippen LogP contribution in [0.3, 0.4) is 0 Å². The molecule has 0 aromatic carbocycles. The molecule has 9 heteroatoms. The van der Waals surface area contributed by atoms with Gasteiger partial charge >= 0.3 is 5.97 Å². The SMILES string of the molecule is COC(=O)C1(CC(=O)c2ccncc2)NC(=S)NC(=O)C1C#N. The van der Waals surface area contributed by atoms with Gasteiger partial charge in [0.25, 0.3) is 0 Å². The molecule has 118 valence electrons. The van der Waals surface area contributed by atoms with E-state index in [0.29, 0.717) is 5.56 Å². The Kier molecular flexibility index (Phi) is 4.66. The van der Waals surface area contributed by atoms with E-state index < -0.39 is 35.5 Å². The molecule has 0 bridgehead atoms. The third-order valence-corrected chi connectivity index (χ3v) is 3.65. The third kappa shape index (κ3) is 3.02. The van der Waals surface area contributed by atoms with Gasteiger partial charge in [0.1, 0.15) is 0 Å². The quantitative estimate of drug-likeness (QED) is 0.438. The summed E-state index contributed by atoms with van der Waals surface area (Å²) in [5.74, 6) is -3.59. The molecule has 1 amide bonds. The average Bonchev–Trinajstić information content (AvgIpc) is 2.54. The van der Waals surface area contributed by atoms with Gasteiger partial charge in [-0.3, -0.25) is 14.6 Å². The molecule has 8 nitrogen and oxygen atoms in total. The molecule has 2 rings (SSSR count). The van der Waals surface area contributed by atoms with Crippen LogP contribution in [-0.4, -0.2) is 40.4 Å². The number of ether oxygens (including phenoxy) is 1. The Hall–Kier alpha value is -2.86. The minimum absolute atomic E-state index is 0.144. The summed E-state index contributed by atoms with van der Waals surface area (Å²) in [7, 11) is 1.10. The zero-order valence-electron chi connectivity index (χ0n) is 12.0. The van der Waals surface area contributed by atoms with Gasteiger partial charge in [-0.25, -0.2) is 4.79 Å². The summed E-state index contributed by atoms with van der Waals surface area (Å²) >= 11 is 4.89. The molecule has 2 atom stereocenters. The fourth-order valence-corrected chi connectivity index (χ4v) is 2.63. The van der Waals surface area contributed by atoms with Gasteiger partial charge < -0.3 is 15.4 Å². The Morgan fingerprint density at radius 1 is 1.48 bits per heavy atom. The number of pyridine rings is 1. The number of nitrogens with one attached hydrogen (secondary N) is 2. The highest BCUT2D eigenvalue weighted by Crippen LogP contribution is 2.28. The number of hydrogen-bond donors (Lipinski definition) is 2. The smallest absolute Gasteiger partial charge is 0.334 e. The third-order valence-electron chi connectivity index (χ3n) is 3.45. The predicted octanol–water partition coefficient (Wildman–Crippen LogP) is -0.290. The molecular formula is C14H12N4O4S. The second-order valence-electron chi connectivity index (χ2n) is 4.80. The lowest BCUT2D eigenvalue weighted by Crippen LogP contribution is -2.70. The lowest BCUT2D eigenvalue weighted by Gasteiger charge is -2.38. The van der Waals surface area contributed by atoms with E-state index in [1.807, 2.05) is 0 Å². The van der Waals surface area contributed by atoms with Gasteiger partial charge in [0.05, 0.1) is 13.2 Å². The molecule has 1 aliphatic rings. The van der Waals surface area contributed by atoms with Crippen molar-refractivity contribution in [2.24, 2.45) is 5.92 Å². The second kappa shape index (κ2) is 6.50. The monoisotopic (exact) mass is 332 g/mol. The highest BCUT2D eigenvalue weighted by atomic mass is 32.1. The summed E-state index contributed by atoms with van der Waals surface area (Å²) in [6.07, 6.45) is 2.38.